The molecule has 1 aromatic carbocycles. The average Bonchev–Trinajstić information content (AvgIpc) is 2.85. The highest BCUT2D eigenvalue weighted by atomic mass is 35.6. The number of halogens is 3. The zero-order chi connectivity index (χ0) is 14.2. The van der Waals surface area contributed by atoms with Crippen LogP contribution in [0.4, 0.5) is 0 Å². The van der Waals surface area contributed by atoms with Crippen molar-refractivity contribution in [3.8, 4) is 11.5 Å². The van der Waals surface area contributed by atoms with E-state index in [1.807, 2.05) is 18.2 Å². The van der Waals surface area contributed by atoms with E-state index in [1.54, 1.807) is 6.07 Å². The first-order valence-corrected chi connectivity index (χ1v) is 6.81. The van der Waals surface area contributed by atoms with E-state index in [2.05, 4.69) is 15.4 Å². The van der Waals surface area contributed by atoms with E-state index in [4.69, 9.17) is 44.3 Å². The molecule has 1 aromatic heterocycles. The van der Waals surface area contributed by atoms with Crippen LogP contribution < -0.4 is 9.47 Å². The molecule has 0 atom stereocenters. The highest BCUT2D eigenvalue weighted by Crippen LogP contribution is 2.37. The van der Waals surface area contributed by atoms with Crippen molar-refractivity contribution in [3.05, 3.63) is 41.2 Å². The first kappa shape index (κ1) is 13.7. The van der Waals surface area contributed by atoms with Crippen molar-refractivity contribution in [2.75, 3.05) is 6.79 Å². The predicted octanol–water partition coefficient (Wildman–Crippen LogP) is 3.02. The van der Waals surface area contributed by atoms with Crippen LogP contribution in [0.25, 0.3) is 0 Å². The van der Waals surface area contributed by atoms with Crippen molar-refractivity contribution in [2.45, 2.75) is 10.2 Å². The number of hydrogen-bond donors (Lipinski definition) is 0. The van der Waals surface area contributed by atoms with Crippen LogP contribution in [0.2, 0.25) is 0 Å². The van der Waals surface area contributed by atoms with Crippen LogP contribution in [-0.2, 0) is 10.2 Å². The van der Waals surface area contributed by atoms with Crippen LogP contribution in [0.5, 0.6) is 11.5 Å². The molecule has 1 aliphatic rings. The van der Waals surface area contributed by atoms with Gasteiger partial charge in [-0.2, -0.15) is 0 Å². The Labute approximate surface area is 129 Å². The lowest BCUT2D eigenvalue weighted by atomic mass is 10.1. The van der Waals surface area contributed by atoms with Crippen molar-refractivity contribution in [2.24, 2.45) is 0 Å². The summed E-state index contributed by atoms with van der Waals surface area (Å²) in [5.41, 5.74) is 1.89. The Bertz CT molecular complexity index is 646. The molecule has 8 heteroatoms. The Balaban J connectivity index is 1.84. The largest absolute Gasteiger partial charge is 0.454 e. The lowest BCUT2D eigenvalue weighted by molar-refractivity contribution is 0.174. The molecule has 0 radical (unpaired) electrons. The number of rotatable bonds is 2. The van der Waals surface area contributed by atoms with Gasteiger partial charge in [0.25, 0.3) is 0 Å². The Morgan fingerprint density at radius 3 is 2.65 bits per heavy atom. The van der Waals surface area contributed by atoms with Gasteiger partial charge in [-0.15, -0.1) is 10.2 Å². The maximum Gasteiger partial charge on any atom is 0.234 e. The number of ether oxygens (including phenoxy) is 2. The second-order valence-electron chi connectivity index (χ2n) is 4.17. The normalized spacial score (nSPS) is 13.6. The van der Waals surface area contributed by atoms with Gasteiger partial charge in [-0.25, -0.2) is 0 Å². The third kappa shape index (κ3) is 2.90. The summed E-state index contributed by atoms with van der Waals surface area (Å²) in [6, 6.07) is 7.27. The Morgan fingerprint density at radius 2 is 1.85 bits per heavy atom. The minimum absolute atomic E-state index is 0.241. The van der Waals surface area contributed by atoms with Crippen molar-refractivity contribution in [3.63, 3.8) is 0 Å². The van der Waals surface area contributed by atoms with Crippen LogP contribution in [-0.4, -0.2) is 22.2 Å². The molecule has 0 fully saturated rings. The standard InChI is InChI=1S/C12H8Cl3N3O2/c13-12(14,15)11-5-8(16-18-17-11)3-7-1-2-9-10(4-7)20-6-19-9/h1-2,4-5H,3,6H2. The monoisotopic (exact) mass is 331 g/mol. The number of fused-ring (bicyclic) bond motifs is 1. The molecule has 2 aromatic rings. The van der Waals surface area contributed by atoms with Gasteiger partial charge in [-0.3, -0.25) is 0 Å². The fourth-order valence-corrected chi connectivity index (χ4v) is 2.11. The molecule has 0 bridgehead atoms. The molecule has 2 heterocycles. The van der Waals surface area contributed by atoms with Gasteiger partial charge in [-0.1, -0.05) is 40.9 Å². The Morgan fingerprint density at radius 1 is 1.05 bits per heavy atom. The molecular formula is C12H8Cl3N3O2. The van der Waals surface area contributed by atoms with E-state index in [-0.39, 0.29) is 12.5 Å². The maximum atomic E-state index is 5.77. The summed E-state index contributed by atoms with van der Waals surface area (Å²) in [6.45, 7) is 0.241. The van der Waals surface area contributed by atoms with Gasteiger partial charge >= 0.3 is 0 Å². The van der Waals surface area contributed by atoms with Gasteiger partial charge in [0.1, 0.15) is 5.69 Å². The summed E-state index contributed by atoms with van der Waals surface area (Å²) in [6.07, 6.45) is 0.528. The Hall–Kier alpha value is -1.30. The molecule has 0 spiro atoms. The van der Waals surface area contributed by atoms with E-state index in [9.17, 15) is 0 Å². The van der Waals surface area contributed by atoms with Gasteiger partial charge in [0, 0.05) is 6.42 Å². The van der Waals surface area contributed by atoms with E-state index < -0.39 is 3.79 Å². The third-order valence-corrected chi connectivity index (χ3v) is 3.32. The smallest absolute Gasteiger partial charge is 0.234 e. The van der Waals surface area contributed by atoms with E-state index >= 15 is 0 Å². The van der Waals surface area contributed by atoms with Gasteiger partial charge in [-0.05, 0) is 29.0 Å². The van der Waals surface area contributed by atoms with E-state index in [1.165, 1.54) is 0 Å². The molecule has 0 N–H and O–H groups in total. The molecule has 0 saturated carbocycles. The summed E-state index contributed by atoms with van der Waals surface area (Å²) in [5, 5.41) is 11.3. The molecule has 1 aliphatic heterocycles. The minimum atomic E-state index is -1.61. The number of aromatic nitrogens is 3. The predicted molar refractivity (Wildman–Crippen MR) is 74.4 cm³/mol. The van der Waals surface area contributed by atoms with Crippen LogP contribution >= 0.6 is 34.8 Å². The second-order valence-corrected chi connectivity index (χ2v) is 6.45. The lowest BCUT2D eigenvalue weighted by Crippen LogP contribution is -2.08. The number of benzene rings is 1. The SMILES string of the molecule is ClC(Cl)(Cl)c1cc(Cc2ccc3c(c2)OCO3)nnn1. The van der Waals surface area contributed by atoms with Crippen molar-refractivity contribution in [1.29, 1.82) is 0 Å². The van der Waals surface area contributed by atoms with E-state index in [0.717, 1.165) is 11.3 Å². The number of nitrogens with zero attached hydrogens (tertiary/aromatic N) is 3. The summed E-state index contributed by atoms with van der Waals surface area (Å²) in [5.74, 6) is 1.45. The zero-order valence-electron chi connectivity index (χ0n) is 10.0. The third-order valence-electron chi connectivity index (χ3n) is 2.74. The van der Waals surface area contributed by atoms with Gasteiger partial charge in [0.15, 0.2) is 11.5 Å². The van der Waals surface area contributed by atoms with Crippen LogP contribution in [0.1, 0.15) is 17.0 Å². The fraction of sp³-hybridized carbons (Fsp3) is 0.250. The van der Waals surface area contributed by atoms with Crippen LogP contribution in [0.3, 0.4) is 0 Å². The topological polar surface area (TPSA) is 57.1 Å². The first-order chi connectivity index (χ1) is 9.52. The van der Waals surface area contributed by atoms with Gasteiger partial charge < -0.3 is 9.47 Å². The van der Waals surface area contributed by atoms with Crippen molar-refractivity contribution in [1.82, 2.24) is 15.4 Å². The molecule has 20 heavy (non-hydrogen) atoms. The van der Waals surface area contributed by atoms with Gasteiger partial charge in [0.2, 0.25) is 10.6 Å². The summed E-state index contributed by atoms with van der Waals surface area (Å²) in [4.78, 5) is 0. The first-order valence-electron chi connectivity index (χ1n) is 5.67. The minimum Gasteiger partial charge on any atom is -0.454 e. The highest BCUT2D eigenvalue weighted by Gasteiger charge is 2.26. The highest BCUT2D eigenvalue weighted by molar-refractivity contribution is 6.66. The van der Waals surface area contributed by atoms with Crippen molar-refractivity contribution < 1.29 is 9.47 Å². The molecule has 0 amide bonds. The molecule has 0 aliphatic carbocycles. The summed E-state index contributed by atoms with van der Waals surface area (Å²) in [7, 11) is 0. The Kier molecular flexibility index (Phi) is 3.58. The molecule has 5 nitrogen and oxygen atoms in total. The van der Waals surface area contributed by atoms with E-state index in [0.29, 0.717) is 17.9 Å². The maximum absolute atomic E-state index is 5.77. The zero-order valence-corrected chi connectivity index (χ0v) is 12.3. The average molecular weight is 333 g/mol. The molecule has 0 unspecified atom stereocenters. The van der Waals surface area contributed by atoms with Crippen LogP contribution in [0.15, 0.2) is 24.3 Å². The second kappa shape index (κ2) is 5.24. The summed E-state index contributed by atoms with van der Waals surface area (Å²) >= 11 is 17.3. The van der Waals surface area contributed by atoms with Crippen LogP contribution in [0, 0.1) is 0 Å². The van der Waals surface area contributed by atoms with Crippen molar-refractivity contribution >= 4 is 34.8 Å². The lowest BCUT2D eigenvalue weighted by Gasteiger charge is -2.09. The molecule has 104 valence electrons. The number of alkyl halides is 3. The quantitative estimate of drug-likeness (QED) is 0.791. The molecular weight excluding hydrogens is 325 g/mol. The molecule has 3 rings (SSSR count). The summed E-state index contributed by atoms with van der Waals surface area (Å²) < 4.78 is 8.96. The fourth-order valence-electron chi connectivity index (χ4n) is 1.83. The number of hydrogen-bond acceptors (Lipinski definition) is 5. The van der Waals surface area contributed by atoms with Gasteiger partial charge in [0.05, 0.1) is 5.69 Å². The molecule has 0 saturated heterocycles.